The van der Waals surface area contributed by atoms with Crippen molar-refractivity contribution >= 4 is 34.9 Å². The van der Waals surface area contributed by atoms with Gasteiger partial charge in [-0.25, -0.2) is 4.79 Å². The van der Waals surface area contributed by atoms with E-state index >= 15 is 0 Å². The number of hydrogen-bond donors (Lipinski definition) is 2. The number of nitro benzene ring substituents is 1. The lowest BCUT2D eigenvalue weighted by molar-refractivity contribution is -0.384. The van der Waals surface area contributed by atoms with E-state index < -0.39 is 101 Å². The number of carbonyl (C=O) groups is 5. The highest BCUT2D eigenvalue weighted by atomic mass is 16.7. The number of cyclic esters (lactones) is 1. The number of hydrogen-bond acceptors (Lipinski definition) is 15. The minimum Gasteiger partial charge on any atom is -0.456 e. The molecule has 1 saturated carbocycles. The number of esters is 1. The Morgan fingerprint density at radius 2 is 1.65 bits per heavy atom. The second-order valence-electron chi connectivity index (χ2n) is 19.7. The van der Waals surface area contributed by atoms with Crippen molar-refractivity contribution in [2.75, 3.05) is 34.5 Å². The summed E-state index contributed by atoms with van der Waals surface area (Å²) in [5, 5.41) is 35.2. The highest BCUT2D eigenvalue weighted by molar-refractivity contribution is 6.39. The van der Waals surface area contributed by atoms with E-state index in [0.717, 1.165) is 10.5 Å². The van der Waals surface area contributed by atoms with E-state index in [1.807, 2.05) is 32.9 Å². The molecule has 3 heterocycles. The van der Waals surface area contributed by atoms with Gasteiger partial charge in [-0.1, -0.05) is 57.6 Å². The maximum absolute atomic E-state index is 14.5. The number of piperidine rings is 1. The van der Waals surface area contributed by atoms with Crippen LogP contribution in [-0.2, 0) is 47.6 Å². The maximum Gasteiger partial charge on any atom is 0.329 e. The molecule has 1 aromatic rings. The number of aliphatic hydroxyl groups is 2. The number of Topliss-reactive ketones (excluding diaryl/α,β-unsaturated/α-hetero) is 3. The Morgan fingerprint density at radius 3 is 2.31 bits per heavy atom. The number of ether oxygens (including phenoxy) is 6. The minimum atomic E-state index is -2.54. The summed E-state index contributed by atoms with van der Waals surface area (Å²) in [4.78, 5) is 82.0. The van der Waals surface area contributed by atoms with Crippen molar-refractivity contribution in [3.63, 3.8) is 0 Å². The number of nitro groups is 1. The number of amides is 1. The van der Waals surface area contributed by atoms with Gasteiger partial charge in [-0.05, 0) is 95.5 Å². The number of nitrogens with zero attached hydrogens (tertiary/aromatic N) is 2. The predicted molar refractivity (Wildman–Crippen MR) is 249 cm³/mol. The number of non-ortho nitro benzene ring substituents is 1. The molecule has 14 unspecified atom stereocenters. The van der Waals surface area contributed by atoms with E-state index in [1.54, 1.807) is 27.9 Å². The first kappa shape index (κ1) is 54.7. The van der Waals surface area contributed by atoms with Crippen molar-refractivity contribution in [1.29, 1.82) is 0 Å². The molecule has 17 heteroatoms. The first-order valence-electron chi connectivity index (χ1n) is 24.3. The van der Waals surface area contributed by atoms with Crippen LogP contribution < -0.4 is 0 Å². The van der Waals surface area contributed by atoms with Crippen LogP contribution in [0.1, 0.15) is 123 Å². The van der Waals surface area contributed by atoms with Crippen LogP contribution in [0.15, 0.2) is 47.6 Å². The van der Waals surface area contributed by atoms with Gasteiger partial charge in [-0.15, -0.1) is 0 Å². The number of methoxy groups -OCH3 is 3. The number of rotatable bonds is 11. The summed E-state index contributed by atoms with van der Waals surface area (Å²) in [6, 6.07) is 4.28. The number of ketones is 3. The van der Waals surface area contributed by atoms with Gasteiger partial charge in [0, 0.05) is 69.7 Å². The standard InChI is InChI=1S/C51H74N2O15/c1-10-35-21-29(2)20-30(3)22-44(64-8)47-45(65-9)24-32(5)51(60,68-47)48(57)49(58)52-19-12-11-16-38(52)50(59)67-46(33(6)39(54)27-40(35)55)31(4)23-34-17-18-42(43(25-34)63-7)66-28-41(56)36-14-13-15-37(26-36)53(61)62/h13-15,21,23,26,30,32-35,38-39,42-47,54,60H,10-12,16-20,22,24-25,27-28H2,1-9H3. The zero-order valence-electron chi connectivity index (χ0n) is 41.3. The molecule has 0 radical (unpaired) electrons. The highest BCUT2D eigenvalue weighted by Crippen LogP contribution is 2.39. The van der Waals surface area contributed by atoms with Crippen LogP contribution >= 0.6 is 0 Å². The molecule has 68 heavy (non-hydrogen) atoms. The lowest BCUT2D eigenvalue weighted by Crippen LogP contribution is -2.64. The van der Waals surface area contributed by atoms with Gasteiger partial charge in [-0.2, -0.15) is 0 Å². The smallest absolute Gasteiger partial charge is 0.329 e. The summed E-state index contributed by atoms with van der Waals surface area (Å²) in [6.45, 7) is 10.8. The number of allylic oxidation sites excluding steroid dienone is 3. The summed E-state index contributed by atoms with van der Waals surface area (Å²) in [6.07, 6.45) is 2.92. The van der Waals surface area contributed by atoms with Crippen LogP contribution in [0.5, 0.6) is 0 Å². The van der Waals surface area contributed by atoms with Crippen molar-refractivity contribution in [3.8, 4) is 0 Å². The molecule has 2 saturated heterocycles. The molecule has 0 spiro atoms. The van der Waals surface area contributed by atoms with Gasteiger partial charge < -0.3 is 43.5 Å². The molecule has 378 valence electrons. The molecular weight excluding hydrogens is 881 g/mol. The van der Waals surface area contributed by atoms with Crippen molar-refractivity contribution in [2.24, 2.45) is 29.6 Å². The molecule has 17 nitrogen and oxygen atoms in total. The van der Waals surface area contributed by atoms with Crippen LogP contribution in [0.2, 0.25) is 0 Å². The zero-order chi connectivity index (χ0) is 50.0. The second kappa shape index (κ2) is 24.6. The van der Waals surface area contributed by atoms with Crippen LogP contribution in [0.3, 0.4) is 0 Å². The third kappa shape index (κ3) is 13.1. The van der Waals surface area contributed by atoms with Crippen molar-refractivity contribution in [3.05, 3.63) is 63.2 Å². The summed E-state index contributed by atoms with van der Waals surface area (Å²) in [5.74, 6) is -8.43. The fourth-order valence-corrected chi connectivity index (χ4v) is 10.6. The summed E-state index contributed by atoms with van der Waals surface area (Å²) in [5.41, 5.74) is 1.53. The maximum atomic E-state index is 14.5. The highest BCUT2D eigenvalue weighted by Gasteiger charge is 2.56. The molecule has 3 fully saturated rings. The molecular formula is C51H74N2O15. The van der Waals surface area contributed by atoms with Crippen molar-refractivity contribution in [1.82, 2.24) is 4.90 Å². The summed E-state index contributed by atoms with van der Waals surface area (Å²) >= 11 is 0. The Morgan fingerprint density at radius 1 is 0.956 bits per heavy atom. The average molecular weight is 955 g/mol. The lowest BCUT2D eigenvalue weighted by Gasteiger charge is -2.47. The third-order valence-electron chi connectivity index (χ3n) is 14.7. The molecule has 4 aliphatic rings. The topological polar surface area (TPSA) is 228 Å². The molecule has 2 N–H and O–H groups in total. The first-order chi connectivity index (χ1) is 32.3. The van der Waals surface area contributed by atoms with E-state index in [0.29, 0.717) is 56.9 Å². The Labute approximate surface area is 400 Å². The van der Waals surface area contributed by atoms with Gasteiger partial charge in [0.1, 0.15) is 30.6 Å². The van der Waals surface area contributed by atoms with Gasteiger partial charge in [-0.3, -0.25) is 29.3 Å². The molecule has 1 amide bonds. The normalized spacial score (nSPS) is 35.4. The van der Waals surface area contributed by atoms with Crippen LogP contribution in [0.25, 0.3) is 0 Å². The fraction of sp³-hybridized carbons (Fsp3) is 0.706. The Hall–Kier alpha value is -4.23. The first-order valence-corrected chi connectivity index (χ1v) is 24.3. The minimum absolute atomic E-state index is 0.000850. The van der Waals surface area contributed by atoms with E-state index in [-0.39, 0.29) is 61.3 Å². The monoisotopic (exact) mass is 955 g/mol. The van der Waals surface area contributed by atoms with Gasteiger partial charge >= 0.3 is 5.97 Å². The number of aliphatic hydroxyl groups excluding tert-OH is 1. The second-order valence-corrected chi connectivity index (χ2v) is 19.7. The zero-order valence-corrected chi connectivity index (χ0v) is 41.3. The van der Waals surface area contributed by atoms with Crippen LogP contribution in [-0.4, -0.2) is 138 Å². The molecule has 5 rings (SSSR count). The Kier molecular flexibility index (Phi) is 19.8. The molecule has 1 aliphatic carbocycles. The van der Waals surface area contributed by atoms with E-state index in [4.69, 9.17) is 28.4 Å². The van der Waals surface area contributed by atoms with E-state index in [2.05, 4.69) is 0 Å². The van der Waals surface area contributed by atoms with Gasteiger partial charge in [0.05, 0.1) is 35.4 Å². The molecule has 14 atom stereocenters. The van der Waals surface area contributed by atoms with Gasteiger partial charge in [0.25, 0.3) is 17.4 Å². The third-order valence-corrected chi connectivity index (χ3v) is 14.7. The Balaban J connectivity index is 1.44. The van der Waals surface area contributed by atoms with E-state index in [9.17, 15) is 44.3 Å². The van der Waals surface area contributed by atoms with E-state index in [1.165, 1.54) is 38.5 Å². The summed E-state index contributed by atoms with van der Waals surface area (Å²) < 4.78 is 36.2. The molecule has 3 aliphatic heterocycles. The van der Waals surface area contributed by atoms with Gasteiger partial charge in [0.2, 0.25) is 5.79 Å². The quantitative estimate of drug-likeness (QED) is 0.0621. The molecule has 2 bridgehead atoms. The number of benzene rings is 1. The van der Waals surface area contributed by atoms with Crippen molar-refractivity contribution < 1.29 is 67.5 Å². The van der Waals surface area contributed by atoms with Crippen LogP contribution in [0.4, 0.5) is 5.69 Å². The number of fused-ring (bicyclic) bond motifs is 3. The largest absolute Gasteiger partial charge is 0.456 e. The lowest BCUT2D eigenvalue weighted by atomic mass is 9.81. The number of carbonyl (C=O) groups excluding carboxylic acids is 5. The molecule has 1 aromatic carbocycles. The van der Waals surface area contributed by atoms with Crippen LogP contribution in [0, 0.1) is 39.7 Å². The fourth-order valence-electron chi connectivity index (χ4n) is 10.6. The predicted octanol–water partition coefficient (Wildman–Crippen LogP) is 6.29. The summed E-state index contributed by atoms with van der Waals surface area (Å²) in [7, 11) is 4.58. The average Bonchev–Trinajstić information content (AvgIpc) is 3.32. The SMILES string of the molecule is CCC1C=C(C)CC(C)CC(OC)C2OC(O)(C(=O)C(=O)N3CCCCC3C(=O)OC(C(C)=CC3CCC(OCC(=O)c4cccc([N+](=O)[O-])c4)C(OC)C3)C(C)C(O)CC1=O)C(C)CC2OC. The van der Waals surface area contributed by atoms with Gasteiger partial charge in [0.15, 0.2) is 5.78 Å². The molecule has 0 aromatic heterocycles. The Bertz CT molecular complexity index is 2020. The van der Waals surface area contributed by atoms with Crippen molar-refractivity contribution in [2.45, 2.75) is 167 Å².